The third-order valence-corrected chi connectivity index (χ3v) is 5.38. The first-order valence-electron chi connectivity index (χ1n) is 9.55. The molecule has 3 heterocycles. The molecule has 1 aromatic carbocycles. The molecule has 0 bridgehead atoms. The Morgan fingerprint density at radius 1 is 1.19 bits per heavy atom. The number of hydrogen-bond donors (Lipinski definition) is 0. The van der Waals surface area contributed by atoms with Crippen molar-refractivity contribution in [3.63, 3.8) is 0 Å². The molecule has 1 aliphatic heterocycles. The highest BCUT2D eigenvalue weighted by Gasteiger charge is 2.22. The molecule has 0 aliphatic carbocycles. The molecule has 2 aromatic heterocycles. The molecule has 0 saturated carbocycles. The first-order valence-corrected chi connectivity index (χ1v) is 9.55. The minimum absolute atomic E-state index is 0.250. The normalized spacial score (nSPS) is 15.6. The number of nitrogens with zero attached hydrogens (tertiary/aromatic N) is 4. The summed E-state index contributed by atoms with van der Waals surface area (Å²) in [6, 6.07) is 10.3. The van der Waals surface area contributed by atoms with E-state index in [1.165, 1.54) is 16.5 Å². The summed E-state index contributed by atoms with van der Waals surface area (Å²) in [5, 5.41) is 5.31. The zero-order valence-corrected chi connectivity index (χ0v) is 16.0. The maximum atomic E-state index is 12.7. The monoisotopic (exact) mass is 366 g/mol. The van der Waals surface area contributed by atoms with Gasteiger partial charge in [0, 0.05) is 69.4 Å². The van der Waals surface area contributed by atoms with Gasteiger partial charge in [-0.15, -0.1) is 0 Å². The standard InChI is InChI=1S/C21H26N4O2/c1-16-13-18(22-27-16)15-24-9-11-25(12-10-24)21(26)8-7-17-14-23(2)20-6-4-3-5-19(17)20/h3-6,13-14H,7-12,15H2,1-2H3. The van der Waals surface area contributed by atoms with Crippen LogP contribution in [0.2, 0.25) is 0 Å². The number of aryl methyl sites for hydroxylation is 3. The SMILES string of the molecule is Cc1cc(CN2CCN(C(=O)CCc3cn(C)c4ccccc34)CC2)no1. The molecule has 1 saturated heterocycles. The molecule has 142 valence electrons. The van der Waals surface area contributed by atoms with Crippen LogP contribution in [-0.4, -0.2) is 51.6 Å². The van der Waals surface area contributed by atoms with Gasteiger partial charge < -0.3 is 14.0 Å². The van der Waals surface area contributed by atoms with E-state index in [0.29, 0.717) is 6.42 Å². The molecule has 6 heteroatoms. The Morgan fingerprint density at radius 2 is 1.96 bits per heavy atom. The van der Waals surface area contributed by atoms with E-state index in [1.807, 2.05) is 17.9 Å². The number of benzene rings is 1. The number of hydrogen-bond acceptors (Lipinski definition) is 4. The summed E-state index contributed by atoms with van der Waals surface area (Å²) in [6.07, 6.45) is 3.50. The molecule has 0 atom stereocenters. The van der Waals surface area contributed by atoms with E-state index in [2.05, 4.69) is 52.1 Å². The number of carbonyl (C=O) groups is 1. The molecule has 0 radical (unpaired) electrons. The Balaban J connectivity index is 1.29. The summed E-state index contributed by atoms with van der Waals surface area (Å²) in [4.78, 5) is 17.0. The van der Waals surface area contributed by atoms with E-state index in [9.17, 15) is 4.79 Å². The van der Waals surface area contributed by atoms with Crippen LogP contribution >= 0.6 is 0 Å². The van der Waals surface area contributed by atoms with Crippen molar-refractivity contribution in [3.05, 3.63) is 53.5 Å². The van der Waals surface area contributed by atoms with Crippen molar-refractivity contribution >= 4 is 16.8 Å². The van der Waals surface area contributed by atoms with Crippen LogP contribution in [0, 0.1) is 6.92 Å². The molecule has 1 fully saturated rings. The van der Waals surface area contributed by atoms with E-state index in [4.69, 9.17) is 4.52 Å². The molecule has 4 rings (SSSR count). The minimum atomic E-state index is 0.250. The summed E-state index contributed by atoms with van der Waals surface area (Å²) in [7, 11) is 2.06. The summed E-state index contributed by atoms with van der Waals surface area (Å²) in [5.41, 5.74) is 3.43. The first kappa shape index (κ1) is 17.8. The zero-order chi connectivity index (χ0) is 18.8. The second-order valence-electron chi connectivity index (χ2n) is 7.37. The molecule has 0 N–H and O–H groups in total. The van der Waals surface area contributed by atoms with Crippen LogP contribution in [0.25, 0.3) is 10.9 Å². The van der Waals surface area contributed by atoms with Gasteiger partial charge >= 0.3 is 0 Å². The van der Waals surface area contributed by atoms with Crippen LogP contribution in [0.1, 0.15) is 23.4 Å². The Morgan fingerprint density at radius 3 is 2.70 bits per heavy atom. The zero-order valence-electron chi connectivity index (χ0n) is 16.0. The average molecular weight is 366 g/mol. The Kier molecular flexibility index (Phi) is 4.99. The molecular formula is C21H26N4O2. The largest absolute Gasteiger partial charge is 0.361 e. The van der Waals surface area contributed by atoms with Crippen LogP contribution in [-0.2, 0) is 24.8 Å². The van der Waals surface area contributed by atoms with Crippen LogP contribution < -0.4 is 0 Å². The predicted molar refractivity (Wildman–Crippen MR) is 104 cm³/mol. The molecule has 27 heavy (non-hydrogen) atoms. The molecular weight excluding hydrogens is 340 g/mol. The number of para-hydroxylation sites is 1. The lowest BCUT2D eigenvalue weighted by molar-refractivity contribution is -0.133. The maximum absolute atomic E-state index is 12.7. The van der Waals surface area contributed by atoms with Crippen molar-refractivity contribution in [2.24, 2.45) is 7.05 Å². The number of aromatic nitrogens is 2. The Labute approximate surface area is 159 Å². The van der Waals surface area contributed by atoms with E-state index in [0.717, 1.165) is 50.6 Å². The second-order valence-corrected chi connectivity index (χ2v) is 7.37. The fraction of sp³-hybridized carbons (Fsp3) is 0.429. The van der Waals surface area contributed by atoms with Gasteiger partial charge in [0.15, 0.2) is 0 Å². The smallest absolute Gasteiger partial charge is 0.222 e. The van der Waals surface area contributed by atoms with E-state index >= 15 is 0 Å². The third kappa shape index (κ3) is 3.90. The lowest BCUT2D eigenvalue weighted by Gasteiger charge is -2.34. The summed E-state index contributed by atoms with van der Waals surface area (Å²) >= 11 is 0. The quantitative estimate of drug-likeness (QED) is 0.697. The van der Waals surface area contributed by atoms with Gasteiger partial charge in [-0.3, -0.25) is 9.69 Å². The van der Waals surface area contributed by atoms with Crippen molar-refractivity contribution < 1.29 is 9.32 Å². The summed E-state index contributed by atoms with van der Waals surface area (Å²) in [5.74, 6) is 1.09. The fourth-order valence-electron chi connectivity index (χ4n) is 3.90. The van der Waals surface area contributed by atoms with Crippen molar-refractivity contribution in [1.29, 1.82) is 0 Å². The van der Waals surface area contributed by atoms with Gasteiger partial charge in [-0.1, -0.05) is 23.4 Å². The van der Waals surface area contributed by atoms with Crippen LogP contribution in [0.5, 0.6) is 0 Å². The topological polar surface area (TPSA) is 54.5 Å². The maximum Gasteiger partial charge on any atom is 0.222 e. The minimum Gasteiger partial charge on any atom is -0.361 e. The highest BCUT2D eigenvalue weighted by molar-refractivity contribution is 5.85. The van der Waals surface area contributed by atoms with Crippen LogP contribution in [0.15, 0.2) is 41.1 Å². The first-order chi connectivity index (χ1) is 13.1. The van der Waals surface area contributed by atoms with Gasteiger partial charge in [0.05, 0.1) is 5.69 Å². The number of rotatable bonds is 5. The van der Waals surface area contributed by atoms with Crippen molar-refractivity contribution in [1.82, 2.24) is 19.5 Å². The highest BCUT2D eigenvalue weighted by Crippen LogP contribution is 2.22. The number of carbonyl (C=O) groups excluding carboxylic acids is 1. The Bertz CT molecular complexity index is 935. The van der Waals surface area contributed by atoms with Gasteiger partial charge in [0.1, 0.15) is 5.76 Å². The lowest BCUT2D eigenvalue weighted by Crippen LogP contribution is -2.48. The fourth-order valence-corrected chi connectivity index (χ4v) is 3.90. The summed E-state index contributed by atoms with van der Waals surface area (Å²) < 4.78 is 7.27. The second kappa shape index (κ2) is 7.56. The lowest BCUT2D eigenvalue weighted by atomic mass is 10.1. The molecule has 0 unspecified atom stereocenters. The molecule has 1 aliphatic rings. The molecule has 1 amide bonds. The van der Waals surface area contributed by atoms with Gasteiger partial charge in [-0.2, -0.15) is 0 Å². The molecule has 3 aromatic rings. The van der Waals surface area contributed by atoms with Crippen molar-refractivity contribution in [3.8, 4) is 0 Å². The molecule has 6 nitrogen and oxygen atoms in total. The average Bonchev–Trinajstić information content (AvgIpc) is 3.23. The third-order valence-electron chi connectivity index (χ3n) is 5.38. The highest BCUT2D eigenvalue weighted by atomic mass is 16.5. The van der Waals surface area contributed by atoms with Gasteiger partial charge in [0.2, 0.25) is 5.91 Å². The van der Waals surface area contributed by atoms with Crippen LogP contribution in [0.3, 0.4) is 0 Å². The summed E-state index contributed by atoms with van der Waals surface area (Å²) in [6.45, 7) is 6.02. The number of fused-ring (bicyclic) bond motifs is 1. The molecule has 0 spiro atoms. The van der Waals surface area contributed by atoms with Gasteiger partial charge in [0.25, 0.3) is 0 Å². The number of piperazine rings is 1. The predicted octanol–water partition coefficient (Wildman–Crippen LogP) is 2.75. The van der Waals surface area contributed by atoms with Crippen molar-refractivity contribution in [2.75, 3.05) is 26.2 Å². The van der Waals surface area contributed by atoms with Gasteiger partial charge in [-0.25, -0.2) is 0 Å². The Hall–Kier alpha value is -2.60. The van der Waals surface area contributed by atoms with E-state index in [-0.39, 0.29) is 5.91 Å². The number of amides is 1. The van der Waals surface area contributed by atoms with Crippen LogP contribution in [0.4, 0.5) is 0 Å². The van der Waals surface area contributed by atoms with Gasteiger partial charge in [-0.05, 0) is 25.0 Å². The van der Waals surface area contributed by atoms with Crippen molar-refractivity contribution in [2.45, 2.75) is 26.3 Å². The van der Waals surface area contributed by atoms with E-state index in [1.54, 1.807) is 0 Å². The van der Waals surface area contributed by atoms with E-state index < -0.39 is 0 Å².